The molecule has 2 aromatic carbocycles. The van der Waals surface area contributed by atoms with Gasteiger partial charge in [-0.3, -0.25) is 4.79 Å². The SMILES string of the molecule is Nn1c(=O)c(-c2nc3ccc(N4CCOCC4)cc3[nH]2)cc2cc(F)ccc21. The zero-order valence-electron chi connectivity index (χ0n) is 15.0. The molecule has 0 saturated carbocycles. The summed E-state index contributed by atoms with van der Waals surface area (Å²) in [7, 11) is 0. The molecule has 0 spiro atoms. The van der Waals surface area contributed by atoms with Crippen LogP contribution in [0.25, 0.3) is 33.3 Å². The van der Waals surface area contributed by atoms with Crippen LogP contribution in [-0.2, 0) is 4.74 Å². The van der Waals surface area contributed by atoms with Crippen molar-refractivity contribution in [2.45, 2.75) is 0 Å². The van der Waals surface area contributed by atoms with Crippen molar-refractivity contribution in [2.24, 2.45) is 0 Å². The summed E-state index contributed by atoms with van der Waals surface area (Å²) in [5.41, 5.74) is 3.00. The Morgan fingerprint density at radius 2 is 1.93 bits per heavy atom. The Kier molecular flexibility index (Phi) is 3.80. The van der Waals surface area contributed by atoms with E-state index in [2.05, 4.69) is 14.9 Å². The average molecular weight is 379 g/mol. The third-order valence-corrected chi connectivity index (χ3v) is 5.09. The number of pyridine rings is 1. The predicted octanol–water partition coefficient (Wildman–Crippen LogP) is 2.23. The Labute approximate surface area is 159 Å². The number of benzene rings is 2. The van der Waals surface area contributed by atoms with Crippen LogP contribution in [0, 0.1) is 5.82 Å². The van der Waals surface area contributed by atoms with E-state index in [0.29, 0.717) is 35.5 Å². The minimum Gasteiger partial charge on any atom is -0.378 e. The molecule has 1 saturated heterocycles. The zero-order chi connectivity index (χ0) is 19.3. The van der Waals surface area contributed by atoms with E-state index in [-0.39, 0.29) is 0 Å². The lowest BCUT2D eigenvalue weighted by molar-refractivity contribution is 0.122. The number of aromatic nitrogens is 3. The molecule has 0 amide bonds. The van der Waals surface area contributed by atoms with Gasteiger partial charge in [0, 0.05) is 24.2 Å². The van der Waals surface area contributed by atoms with E-state index in [4.69, 9.17) is 10.6 Å². The molecule has 1 aliphatic heterocycles. The third-order valence-electron chi connectivity index (χ3n) is 5.09. The highest BCUT2D eigenvalue weighted by molar-refractivity contribution is 5.86. The number of nitrogens with two attached hydrogens (primary N) is 1. The fourth-order valence-electron chi connectivity index (χ4n) is 3.63. The second-order valence-electron chi connectivity index (χ2n) is 6.82. The second-order valence-corrected chi connectivity index (χ2v) is 6.82. The number of hydrogen-bond acceptors (Lipinski definition) is 5. The molecule has 4 aromatic rings. The number of aromatic amines is 1. The molecule has 2 aromatic heterocycles. The highest BCUT2D eigenvalue weighted by Crippen LogP contribution is 2.25. The van der Waals surface area contributed by atoms with E-state index in [0.717, 1.165) is 34.5 Å². The Bertz CT molecular complexity index is 1260. The van der Waals surface area contributed by atoms with E-state index in [9.17, 15) is 9.18 Å². The first-order valence-corrected chi connectivity index (χ1v) is 9.03. The van der Waals surface area contributed by atoms with E-state index >= 15 is 0 Å². The topological polar surface area (TPSA) is 89.2 Å². The molecule has 7 nitrogen and oxygen atoms in total. The third kappa shape index (κ3) is 2.69. The van der Waals surface area contributed by atoms with Crippen LogP contribution in [0.5, 0.6) is 0 Å². The van der Waals surface area contributed by atoms with Crippen LogP contribution in [0.2, 0.25) is 0 Å². The van der Waals surface area contributed by atoms with Gasteiger partial charge >= 0.3 is 0 Å². The highest BCUT2D eigenvalue weighted by Gasteiger charge is 2.16. The summed E-state index contributed by atoms with van der Waals surface area (Å²) in [4.78, 5) is 22.7. The number of anilines is 1. The summed E-state index contributed by atoms with van der Waals surface area (Å²) in [6.45, 7) is 3.08. The van der Waals surface area contributed by atoms with Crippen LogP contribution in [0.1, 0.15) is 0 Å². The molecule has 1 aliphatic rings. The Hall–Kier alpha value is -3.39. The van der Waals surface area contributed by atoms with Gasteiger partial charge in [0.1, 0.15) is 11.6 Å². The van der Waals surface area contributed by atoms with Gasteiger partial charge in [0.15, 0.2) is 0 Å². The maximum absolute atomic E-state index is 13.6. The van der Waals surface area contributed by atoms with Crippen molar-refractivity contribution >= 4 is 27.6 Å². The van der Waals surface area contributed by atoms with Gasteiger partial charge in [-0.1, -0.05) is 0 Å². The fourth-order valence-corrected chi connectivity index (χ4v) is 3.63. The number of halogens is 1. The Morgan fingerprint density at radius 3 is 2.75 bits per heavy atom. The van der Waals surface area contributed by atoms with E-state index in [1.165, 1.54) is 18.2 Å². The quantitative estimate of drug-likeness (QED) is 0.522. The van der Waals surface area contributed by atoms with Crippen molar-refractivity contribution in [3.63, 3.8) is 0 Å². The molecular weight excluding hydrogens is 361 g/mol. The van der Waals surface area contributed by atoms with Gasteiger partial charge in [-0.05, 0) is 42.5 Å². The van der Waals surface area contributed by atoms with E-state index in [1.54, 1.807) is 6.07 Å². The smallest absolute Gasteiger partial charge is 0.280 e. The molecule has 0 unspecified atom stereocenters. The van der Waals surface area contributed by atoms with Crippen molar-refractivity contribution in [1.29, 1.82) is 0 Å². The first-order valence-electron chi connectivity index (χ1n) is 9.03. The number of rotatable bonds is 2. The number of hydrogen-bond donors (Lipinski definition) is 2. The minimum absolute atomic E-state index is 0.296. The summed E-state index contributed by atoms with van der Waals surface area (Å²) < 4.78 is 20.1. The van der Waals surface area contributed by atoms with Gasteiger partial charge in [0.2, 0.25) is 0 Å². The van der Waals surface area contributed by atoms with Gasteiger partial charge in [-0.2, -0.15) is 0 Å². The Balaban J connectivity index is 1.63. The molecule has 0 radical (unpaired) electrons. The number of nitrogen functional groups attached to an aromatic ring is 1. The predicted molar refractivity (Wildman–Crippen MR) is 106 cm³/mol. The van der Waals surface area contributed by atoms with E-state index in [1.807, 2.05) is 18.2 Å². The first-order chi connectivity index (χ1) is 13.6. The number of imidazole rings is 1. The molecule has 142 valence electrons. The van der Waals surface area contributed by atoms with E-state index < -0.39 is 11.4 Å². The summed E-state index contributed by atoms with van der Waals surface area (Å²) in [5.74, 6) is 5.96. The number of fused-ring (bicyclic) bond motifs is 2. The molecule has 28 heavy (non-hydrogen) atoms. The Morgan fingerprint density at radius 1 is 1.11 bits per heavy atom. The number of morpholine rings is 1. The summed E-state index contributed by atoms with van der Waals surface area (Å²) in [6, 6.07) is 11.7. The van der Waals surface area contributed by atoms with Crippen molar-refractivity contribution < 1.29 is 9.13 Å². The molecular formula is C20H18FN5O2. The maximum Gasteiger partial charge on any atom is 0.280 e. The van der Waals surface area contributed by atoms with Crippen LogP contribution in [0.15, 0.2) is 47.3 Å². The molecule has 0 atom stereocenters. The van der Waals surface area contributed by atoms with Gasteiger partial charge in [0.05, 0.1) is 35.3 Å². The molecule has 1 fully saturated rings. The van der Waals surface area contributed by atoms with Crippen LogP contribution < -0.4 is 16.3 Å². The van der Waals surface area contributed by atoms with Crippen molar-refractivity contribution in [3.05, 3.63) is 58.6 Å². The minimum atomic E-state index is -0.397. The normalized spacial score (nSPS) is 14.8. The summed E-state index contributed by atoms with van der Waals surface area (Å²) in [5, 5.41) is 0.534. The molecule has 8 heteroatoms. The number of nitrogens with zero attached hydrogens (tertiary/aromatic N) is 3. The van der Waals surface area contributed by atoms with Crippen LogP contribution in [0.4, 0.5) is 10.1 Å². The van der Waals surface area contributed by atoms with Gasteiger partial charge in [0.25, 0.3) is 5.56 Å². The number of nitrogens with one attached hydrogen (secondary N) is 1. The van der Waals surface area contributed by atoms with Gasteiger partial charge in [-0.15, -0.1) is 0 Å². The standard InChI is InChI=1S/C20H18FN5O2/c21-13-1-4-18-12(9-13)10-15(20(27)26(18)22)19-23-16-3-2-14(11-17(16)24-19)25-5-7-28-8-6-25/h1-4,9-11H,5-8,22H2,(H,23,24). The molecule has 5 rings (SSSR count). The molecule has 3 heterocycles. The lowest BCUT2D eigenvalue weighted by Crippen LogP contribution is -2.36. The summed E-state index contributed by atoms with van der Waals surface area (Å²) >= 11 is 0. The van der Waals surface area contributed by atoms with Gasteiger partial charge in [-0.25, -0.2) is 14.1 Å². The average Bonchev–Trinajstić information content (AvgIpc) is 3.14. The highest BCUT2D eigenvalue weighted by atomic mass is 19.1. The number of H-pyrrole nitrogens is 1. The van der Waals surface area contributed by atoms with Crippen molar-refractivity contribution in [2.75, 3.05) is 37.0 Å². The van der Waals surface area contributed by atoms with Crippen LogP contribution >= 0.6 is 0 Å². The lowest BCUT2D eigenvalue weighted by Gasteiger charge is -2.28. The van der Waals surface area contributed by atoms with Crippen molar-refractivity contribution in [1.82, 2.24) is 14.6 Å². The molecule has 0 aliphatic carbocycles. The molecule has 0 bridgehead atoms. The second kappa shape index (κ2) is 6.35. The largest absolute Gasteiger partial charge is 0.378 e. The fraction of sp³-hybridized carbons (Fsp3) is 0.200. The zero-order valence-corrected chi connectivity index (χ0v) is 15.0. The lowest BCUT2D eigenvalue weighted by atomic mass is 10.1. The van der Waals surface area contributed by atoms with Gasteiger partial charge < -0.3 is 20.5 Å². The van der Waals surface area contributed by atoms with Crippen LogP contribution in [0.3, 0.4) is 0 Å². The first kappa shape index (κ1) is 16.8. The maximum atomic E-state index is 13.6. The summed E-state index contributed by atoms with van der Waals surface area (Å²) in [6.07, 6.45) is 0. The number of ether oxygens (including phenoxy) is 1. The molecule has 3 N–H and O–H groups in total. The van der Waals surface area contributed by atoms with Crippen molar-refractivity contribution in [3.8, 4) is 11.4 Å². The van der Waals surface area contributed by atoms with Crippen LogP contribution in [-0.4, -0.2) is 40.9 Å². The monoisotopic (exact) mass is 379 g/mol.